The Morgan fingerprint density at radius 3 is 2.76 bits per heavy atom. The summed E-state index contributed by atoms with van der Waals surface area (Å²) in [5, 5.41) is 4.04. The Bertz CT molecular complexity index is 348. The quantitative estimate of drug-likeness (QED) is 0.884. The van der Waals surface area contributed by atoms with Gasteiger partial charge in [-0.3, -0.25) is 0 Å². The van der Waals surface area contributed by atoms with Gasteiger partial charge in [-0.15, -0.1) is 0 Å². The molecule has 0 saturated heterocycles. The average molecular weight is 254 g/mol. The molecule has 1 aliphatic rings. The minimum Gasteiger partial charge on any atom is -0.366 e. The zero-order valence-corrected chi connectivity index (χ0v) is 11.1. The van der Waals surface area contributed by atoms with E-state index in [2.05, 4.69) is 22.2 Å². The molecule has 17 heavy (non-hydrogen) atoms. The number of hydrogen-bond acceptors (Lipinski definition) is 3. The van der Waals surface area contributed by atoms with Crippen molar-refractivity contribution in [3.8, 4) is 0 Å². The molecule has 0 radical (unpaired) electrons. The van der Waals surface area contributed by atoms with Gasteiger partial charge < -0.3 is 5.32 Å². The van der Waals surface area contributed by atoms with Crippen molar-refractivity contribution < 1.29 is 0 Å². The zero-order chi connectivity index (χ0) is 12.1. The summed E-state index contributed by atoms with van der Waals surface area (Å²) in [4.78, 5) is 8.06. The highest BCUT2D eigenvalue weighted by Crippen LogP contribution is 2.30. The Hall–Kier alpha value is -0.830. The van der Waals surface area contributed by atoms with Gasteiger partial charge in [-0.25, -0.2) is 9.97 Å². The third kappa shape index (κ3) is 3.56. The van der Waals surface area contributed by atoms with Crippen LogP contribution in [0.2, 0.25) is 5.02 Å². The second-order valence-electron chi connectivity index (χ2n) is 4.87. The number of nitrogens with zero attached hydrogens (tertiary/aromatic N) is 2. The largest absolute Gasteiger partial charge is 0.366 e. The van der Waals surface area contributed by atoms with Crippen LogP contribution in [0.1, 0.15) is 45.4 Å². The topological polar surface area (TPSA) is 37.8 Å². The van der Waals surface area contributed by atoms with Crippen LogP contribution < -0.4 is 5.32 Å². The van der Waals surface area contributed by atoms with Crippen LogP contribution in [0.5, 0.6) is 0 Å². The highest BCUT2D eigenvalue weighted by molar-refractivity contribution is 6.32. The molecule has 0 unspecified atom stereocenters. The maximum absolute atomic E-state index is 6.03. The number of halogens is 1. The summed E-state index contributed by atoms with van der Waals surface area (Å²) in [7, 11) is 0. The smallest absolute Gasteiger partial charge is 0.148 e. The number of nitrogens with one attached hydrogen (secondary N) is 1. The zero-order valence-electron chi connectivity index (χ0n) is 10.3. The van der Waals surface area contributed by atoms with E-state index in [1.165, 1.54) is 44.9 Å². The number of rotatable bonds is 4. The summed E-state index contributed by atoms with van der Waals surface area (Å²) < 4.78 is 0. The van der Waals surface area contributed by atoms with Crippen LogP contribution >= 0.6 is 11.6 Å². The lowest BCUT2D eigenvalue weighted by Gasteiger charge is -2.29. The van der Waals surface area contributed by atoms with E-state index in [-0.39, 0.29) is 0 Å². The summed E-state index contributed by atoms with van der Waals surface area (Å²) in [6.07, 6.45) is 11.0. The standard InChI is InChI=1S/C13H20ClN3/c1-2-3-10-4-6-11(7-5-10)17-13-12(14)8-15-9-16-13/h8-11H,2-7H2,1H3,(H,15,16,17). The lowest BCUT2D eigenvalue weighted by atomic mass is 9.83. The van der Waals surface area contributed by atoms with E-state index in [9.17, 15) is 0 Å². The van der Waals surface area contributed by atoms with Gasteiger partial charge in [0, 0.05) is 6.04 Å². The highest BCUT2D eigenvalue weighted by atomic mass is 35.5. The minimum absolute atomic E-state index is 0.524. The molecule has 3 nitrogen and oxygen atoms in total. The van der Waals surface area contributed by atoms with Crippen LogP contribution in [0.25, 0.3) is 0 Å². The highest BCUT2D eigenvalue weighted by Gasteiger charge is 2.21. The van der Waals surface area contributed by atoms with Crippen LogP contribution in [0.4, 0.5) is 5.82 Å². The van der Waals surface area contributed by atoms with Crippen molar-refractivity contribution in [3.63, 3.8) is 0 Å². The Balaban J connectivity index is 1.84. The maximum atomic E-state index is 6.03. The first-order valence-electron chi connectivity index (χ1n) is 6.51. The van der Waals surface area contributed by atoms with Crippen LogP contribution in [0.3, 0.4) is 0 Å². The van der Waals surface area contributed by atoms with Crippen molar-refractivity contribution in [2.45, 2.75) is 51.5 Å². The Labute approximate surface area is 108 Å². The molecule has 1 aromatic heterocycles. The molecule has 0 spiro atoms. The van der Waals surface area contributed by atoms with Gasteiger partial charge in [0.25, 0.3) is 0 Å². The van der Waals surface area contributed by atoms with E-state index in [4.69, 9.17) is 11.6 Å². The molecular weight excluding hydrogens is 234 g/mol. The van der Waals surface area contributed by atoms with E-state index >= 15 is 0 Å². The maximum Gasteiger partial charge on any atom is 0.148 e. The summed E-state index contributed by atoms with van der Waals surface area (Å²) in [6.45, 7) is 2.27. The SMILES string of the molecule is CCCC1CCC(Nc2ncncc2Cl)CC1. The lowest BCUT2D eigenvalue weighted by Crippen LogP contribution is -2.26. The normalized spacial score (nSPS) is 24.6. The van der Waals surface area contributed by atoms with Gasteiger partial charge in [-0.2, -0.15) is 0 Å². The fraction of sp³-hybridized carbons (Fsp3) is 0.692. The van der Waals surface area contributed by atoms with Crippen LogP contribution in [-0.2, 0) is 0 Å². The van der Waals surface area contributed by atoms with E-state index in [0.29, 0.717) is 11.1 Å². The molecule has 0 aromatic carbocycles. The second-order valence-corrected chi connectivity index (χ2v) is 5.28. The van der Waals surface area contributed by atoms with Crippen LogP contribution in [0, 0.1) is 5.92 Å². The molecule has 1 aliphatic carbocycles. The average Bonchev–Trinajstić information content (AvgIpc) is 2.35. The van der Waals surface area contributed by atoms with Crippen LogP contribution in [-0.4, -0.2) is 16.0 Å². The Kier molecular flexibility index (Phi) is 4.60. The minimum atomic E-state index is 0.524. The summed E-state index contributed by atoms with van der Waals surface area (Å²) in [5.74, 6) is 1.71. The molecular formula is C13H20ClN3. The molecule has 1 heterocycles. The molecule has 1 fully saturated rings. The van der Waals surface area contributed by atoms with Gasteiger partial charge in [0.1, 0.15) is 17.2 Å². The Morgan fingerprint density at radius 1 is 1.35 bits per heavy atom. The second kappa shape index (κ2) is 6.20. The number of anilines is 1. The predicted molar refractivity (Wildman–Crippen MR) is 71.3 cm³/mol. The molecule has 1 aromatic rings. The van der Waals surface area contributed by atoms with Crippen molar-refractivity contribution in [2.24, 2.45) is 5.92 Å². The third-order valence-corrected chi connectivity index (χ3v) is 3.83. The van der Waals surface area contributed by atoms with Crippen molar-refractivity contribution >= 4 is 17.4 Å². The van der Waals surface area contributed by atoms with E-state index in [1.54, 1.807) is 6.20 Å². The van der Waals surface area contributed by atoms with E-state index in [0.717, 1.165) is 11.7 Å². The molecule has 0 atom stereocenters. The fourth-order valence-electron chi connectivity index (χ4n) is 2.62. The first kappa shape index (κ1) is 12.6. The van der Waals surface area contributed by atoms with Crippen molar-refractivity contribution in [1.29, 1.82) is 0 Å². The molecule has 0 bridgehead atoms. The Morgan fingerprint density at radius 2 is 2.12 bits per heavy atom. The van der Waals surface area contributed by atoms with E-state index in [1.807, 2.05) is 0 Å². The first-order chi connectivity index (χ1) is 8.29. The molecule has 0 aliphatic heterocycles. The first-order valence-corrected chi connectivity index (χ1v) is 6.89. The van der Waals surface area contributed by atoms with Crippen molar-refractivity contribution in [2.75, 3.05) is 5.32 Å². The van der Waals surface area contributed by atoms with Gasteiger partial charge in [0.05, 0.1) is 6.20 Å². The molecule has 2 rings (SSSR count). The fourth-order valence-corrected chi connectivity index (χ4v) is 2.78. The van der Waals surface area contributed by atoms with E-state index < -0.39 is 0 Å². The number of hydrogen-bond donors (Lipinski definition) is 1. The molecule has 94 valence electrons. The van der Waals surface area contributed by atoms with Gasteiger partial charge >= 0.3 is 0 Å². The lowest BCUT2D eigenvalue weighted by molar-refractivity contribution is 0.318. The van der Waals surface area contributed by atoms with Gasteiger partial charge in [0.2, 0.25) is 0 Å². The van der Waals surface area contributed by atoms with Crippen LogP contribution in [0.15, 0.2) is 12.5 Å². The molecule has 4 heteroatoms. The summed E-state index contributed by atoms with van der Waals surface area (Å²) >= 11 is 6.03. The third-order valence-electron chi connectivity index (χ3n) is 3.55. The molecule has 0 amide bonds. The van der Waals surface area contributed by atoms with Crippen molar-refractivity contribution in [3.05, 3.63) is 17.5 Å². The molecule has 1 saturated carbocycles. The van der Waals surface area contributed by atoms with Gasteiger partial charge in [0.15, 0.2) is 0 Å². The summed E-state index contributed by atoms with van der Waals surface area (Å²) in [5.41, 5.74) is 0. The molecule has 1 N–H and O–H groups in total. The van der Waals surface area contributed by atoms with Crippen molar-refractivity contribution in [1.82, 2.24) is 9.97 Å². The summed E-state index contributed by atoms with van der Waals surface area (Å²) in [6, 6.07) is 0.524. The van der Waals surface area contributed by atoms with Gasteiger partial charge in [-0.1, -0.05) is 31.4 Å². The monoisotopic (exact) mass is 253 g/mol. The number of aromatic nitrogens is 2. The van der Waals surface area contributed by atoms with Gasteiger partial charge in [-0.05, 0) is 31.6 Å². The predicted octanol–water partition coefficient (Wildman–Crippen LogP) is 3.90.